The fourth-order valence-corrected chi connectivity index (χ4v) is 4.42. The van der Waals surface area contributed by atoms with Crippen LogP contribution >= 0.6 is 0 Å². The summed E-state index contributed by atoms with van der Waals surface area (Å²) >= 11 is 0. The van der Waals surface area contributed by atoms with E-state index in [2.05, 4.69) is 29.0 Å². The number of piperazine rings is 1. The van der Waals surface area contributed by atoms with Crippen molar-refractivity contribution in [3.8, 4) is 0 Å². The zero-order chi connectivity index (χ0) is 22.5. The lowest BCUT2D eigenvalue weighted by Gasteiger charge is -2.37. The third-order valence-corrected chi connectivity index (χ3v) is 5.98. The molecule has 0 aromatic heterocycles. The molecular formula is C25H32N4O3. The Balaban J connectivity index is 1.23. The molecule has 7 heteroatoms. The van der Waals surface area contributed by atoms with Gasteiger partial charge in [-0.1, -0.05) is 18.2 Å². The summed E-state index contributed by atoms with van der Waals surface area (Å²) in [4.78, 5) is 31.4. The molecule has 2 aromatic rings. The number of nitrogens with one attached hydrogen (secondary N) is 1. The van der Waals surface area contributed by atoms with Gasteiger partial charge in [-0.25, -0.2) is 0 Å². The first-order valence-corrected chi connectivity index (χ1v) is 11.3. The average Bonchev–Trinajstić information content (AvgIpc) is 2.79. The normalized spacial score (nSPS) is 21.9. The van der Waals surface area contributed by atoms with E-state index in [0.29, 0.717) is 38.3 Å². The molecular weight excluding hydrogens is 404 g/mol. The van der Waals surface area contributed by atoms with Crippen LogP contribution in [0.3, 0.4) is 0 Å². The third kappa shape index (κ3) is 5.66. The molecule has 2 aliphatic rings. The number of ether oxygens (including phenoxy) is 1. The lowest BCUT2D eigenvalue weighted by atomic mass is 10.2. The number of nitrogens with zero attached hydrogens (tertiary/aromatic N) is 3. The Morgan fingerprint density at radius 3 is 2.16 bits per heavy atom. The van der Waals surface area contributed by atoms with Crippen LogP contribution in [0.4, 0.5) is 11.4 Å². The number of anilines is 2. The van der Waals surface area contributed by atoms with E-state index in [1.54, 1.807) is 0 Å². The molecule has 2 amide bonds. The van der Waals surface area contributed by atoms with E-state index in [-0.39, 0.29) is 24.0 Å². The molecule has 2 aliphatic heterocycles. The Hall–Kier alpha value is -2.90. The first-order valence-electron chi connectivity index (χ1n) is 11.3. The number of carbonyl (C=O) groups excluding carboxylic acids is 2. The number of rotatable bonds is 5. The number of carbonyl (C=O) groups is 2. The van der Waals surface area contributed by atoms with Crippen LogP contribution in [-0.2, 0) is 9.53 Å². The van der Waals surface area contributed by atoms with E-state index in [4.69, 9.17) is 4.74 Å². The molecule has 170 valence electrons. The largest absolute Gasteiger partial charge is 0.372 e. The summed E-state index contributed by atoms with van der Waals surface area (Å²) in [6.45, 7) is 8.90. The van der Waals surface area contributed by atoms with Crippen molar-refractivity contribution in [2.75, 3.05) is 56.0 Å². The molecule has 0 aliphatic carbocycles. The SMILES string of the molecule is CC1CN(c2ccc(NC(=O)CN3CCN(C(=O)c4ccccc4)CC3)cc2)CC(C)O1. The first-order chi connectivity index (χ1) is 15.5. The summed E-state index contributed by atoms with van der Waals surface area (Å²) in [5.74, 6) is 0.0213. The second-order valence-corrected chi connectivity index (χ2v) is 8.69. The van der Waals surface area contributed by atoms with Crippen LogP contribution in [0, 0.1) is 0 Å². The Kier molecular flexibility index (Phi) is 7.07. The zero-order valence-corrected chi connectivity index (χ0v) is 18.9. The standard InChI is InChI=1S/C25H32N4O3/c1-19-16-29(17-20(2)32-19)23-10-8-22(9-11-23)26-24(30)18-27-12-14-28(15-13-27)25(31)21-6-4-3-5-7-21/h3-11,19-20H,12-18H2,1-2H3,(H,26,30). The molecule has 0 saturated carbocycles. The van der Waals surface area contributed by atoms with Crippen LogP contribution in [0.5, 0.6) is 0 Å². The monoisotopic (exact) mass is 436 g/mol. The molecule has 0 bridgehead atoms. The van der Waals surface area contributed by atoms with E-state index < -0.39 is 0 Å². The summed E-state index contributed by atoms with van der Waals surface area (Å²) in [6.07, 6.45) is 0.420. The van der Waals surface area contributed by atoms with E-state index >= 15 is 0 Å². The summed E-state index contributed by atoms with van der Waals surface area (Å²) < 4.78 is 5.80. The third-order valence-electron chi connectivity index (χ3n) is 5.98. The van der Waals surface area contributed by atoms with Crippen LogP contribution < -0.4 is 10.2 Å². The molecule has 2 heterocycles. The maximum Gasteiger partial charge on any atom is 0.253 e. The number of morpholine rings is 1. The molecule has 32 heavy (non-hydrogen) atoms. The Labute approximate surface area is 189 Å². The Morgan fingerprint density at radius 2 is 1.53 bits per heavy atom. The molecule has 2 atom stereocenters. The predicted molar refractivity (Wildman–Crippen MR) is 126 cm³/mol. The van der Waals surface area contributed by atoms with Crippen LogP contribution in [0.2, 0.25) is 0 Å². The summed E-state index contributed by atoms with van der Waals surface area (Å²) in [7, 11) is 0. The summed E-state index contributed by atoms with van der Waals surface area (Å²) in [5.41, 5.74) is 2.65. The van der Waals surface area contributed by atoms with E-state index in [0.717, 1.165) is 24.5 Å². The second-order valence-electron chi connectivity index (χ2n) is 8.69. The highest BCUT2D eigenvalue weighted by Gasteiger charge is 2.24. The molecule has 7 nitrogen and oxygen atoms in total. The van der Waals surface area contributed by atoms with Gasteiger partial charge in [-0.15, -0.1) is 0 Å². The lowest BCUT2D eigenvalue weighted by molar-refractivity contribution is -0.117. The van der Waals surface area contributed by atoms with Gasteiger partial charge < -0.3 is 19.9 Å². The quantitative estimate of drug-likeness (QED) is 0.781. The van der Waals surface area contributed by atoms with Gasteiger partial charge in [0.15, 0.2) is 0 Å². The van der Waals surface area contributed by atoms with Gasteiger partial charge in [-0.3, -0.25) is 14.5 Å². The van der Waals surface area contributed by atoms with Crippen LogP contribution in [-0.4, -0.2) is 79.6 Å². The van der Waals surface area contributed by atoms with Crippen LogP contribution in [0.1, 0.15) is 24.2 Å². The topological polar surface area (TPSA) is 65.1 Å². The number of amides is 2. The number of hydrogen-bond acceptors (Lipinski definition) is 5. The smallest absolute Gasteiger partial charge is 0.253 e. The van der Waals surface area contributed by atoms with Crippen molar-refractivity contribution in [1.29, 1.82) is 0 Å². The minimum absolute atomic E-state index is 0.0331. The fourth-order valence-electron chi connectivity index (χ4n) is 4.42. The Bertz CT molecular complexity index is 901. The second kappa shape index (κ2) is 10.1. The highest BCUT2D eigenvalue weighted by Crippen LogP contribution is 2.22. The Morgan fingerprint density at radius 1 is 0.906 bits per heavy atom. The molecule has 2 saturated heterocycles. The van der Waals surface area contributed by atoms with E-state index in [1.807, 2.05) is 59.5 Å². The predicted octanol–water partition coefficient (Wildman–Crippen LogP) is 2.70. The highest BCUT2D eigenvalue weighted by atomic mass is 16.5. The maximum atomic E-state index is 12.6. The fraction of sp³-hybridized carbons (Fsp3) is 0.440. The maximum absolute atomic E-state index is 12.6. The molecule has 0 spiro atoms. The summed E-state index contributed by atoms with van der Waals surface area (Å²) in [6, 6.07) is 17.3. The minimum atomic E-state index is -0.0331. The molecule has 2 aromatic carbocycles. The van der Waals surface area contributed by atoms with Crippen molar-refractivity contribution in [3.63, 3.8) is 0 Å². The van der Waals surface area contributed by atoms with Gasteiger partial charge in [0.05, 0.1) is 18.8 Å². The van der Waals surface area contributed by atoms with Gasteiger partial charge in [-0.2, -0.15) is 0 Å². The molecule has 4 rings (SSSR count). The van der Waals surface area contributed by atoms with Gasteiger partial charge in [0, 0.05) is 56.2 Å². The van der Waals surface area contributed by atoms with Gasteiger partial charge >= 0.3 is 0 Å². The van der Waals surface area contributed by atoms with Crippen molar-refractivity contribution < 1.29 is 14.3 Å². The van der Waals surface area contributed by atoms with Gasteiger partial charge in [-0.05, 0) is 50.2 Å². The van der Waals surface area contributed by atoms with E-state index in [9.17, 15) is 9.59 Å². The molecule has 1 N–H and O–H groups in total. The number of benzene rings is 2. The molecule has 0 radical (unpaired) electrons. The highest BCUT2D eigenvalue weighted by molar-refractivity contribution is 5.94. The van der Waals surface area contributed by atoms with Crippen molar-refractivity contribution >= 4 is 23.2 Å². The lowest BCUT2D eigenvalue weighted by Crippen LogP contribution is -2.50. The summed E-state index contributed by atoms with van der Waals surface area (Å²) in [5, 5.41) is 2.99. The van der Waals surface area contributed by atoms with Crippen molar-refractivity contribution in [3.05, 3.63) is 60.2 Å². The average molecular weight is 437 g/mol. The van der Waals surface area contributed by atoms with Gasteiger partial charge in [0.1, 0.15) is 0 Å². The van der Waals surface area contributed by atoms with Crippen molar-refractivity contribution in [2.45, 2.75) is 26.1 Å². The van der Waals surface area contributed by atoms with E-state index in [1.165, 1.54) is 0 Å². The first kappa shape index (κ1) is 22.3. The van der Waals surface area contributed by atoms with Crippen LogP contribution in [0.15, 0.2) is 54.6 Å². The van der Waals surface area contributed by atoms with Crippen molar-refractivity contribution in [2.24, 2.45) is 0 Å². The molecule has 2 unspecified atom stereocenters. The molecule has 2 fully saturated rings. The van der Waals surface area contributed by atoms with Crippen LogP contribution in [0.25, 0.3) is 0 Å². The number of hydrogen-bond donors (Lipinski definition) is 1. The van der Waals surface area contributed by atoms with Gasteiger partial charge in [0.25, 0.3) is 5.91 Å². The minimum Gasteiger partial charge on any atom is -0.372 e. The van der Waals surface area contributed by atoms with Crippen molar-refractivity contribution in [1.82, 2.24) is 9.80 Å². The zero-order valence-electron chi connectivity index (χ0n) is 18.9. The van der Waals surface area contributed by atoms with Gasteiger partial charge in [0.2, 0.25) is 5.91 Å².